The van der Waals surface area contributed by atoms with Crippen molar-refractivity contribution in [2.24, 2.45) is 16.4 Å². The highest BCUT2D eigenvalue weighted by Gasteiger charge is 2.51. The van der Waals surface area contributed by atoms with E-state index in [2.05, 4.69) is 19.8 Å². The predicted molar refractivity (Wildman–Crippen MR) is 81.0 cm³/mol. The normalized spacial score (nSPS) is 36.5. The quantitative estimate of drug-likeness (QED) is 0.367. The zero-order valence-corrected chi connectivity index (χ0v) is 12.2. The van der Waals surface area contributed by atoms with E-state index in [1.165, 1.54) is 6.07 Å². The monoisotopic (exact) mass is 302 g/mol. The molecule has 4 bridgehead atoms. The van der Waals surface area contributed by atoms with Crippen LogP contribution in [-0.2, 0) is 0 Å². The molecule has 0 saturated carbocycles. The third-order valence-electron chi connectivity index (χ3n) is 4.74. The molecule has 4 aliphatic rings. The highest BCUT2D eigenvalue weighted by molar-refractivity contribution is 6.05. The van der Waals surface area contributed by atoms with Crippen LogP contribution in [0.25, 0.3) is 0 Å². The molecule has 0 amide bonds. The SMILES string of the molecule is N/N=C(/c1cccc([N+](=O)[O-])c1)C12CN3CN(CN(C3)C1)C2. The van der Waals surface area contributed by atoms with Crippen molar-refractivity contribution in [3.8, 4) is 0 Å². The van der Waals surface area contributed by atoms with Gasteiger partial charge in [-0.15, -0.1) is 0 Å². The number of hydrogen-bond acceptors (Lipinski definition) is 7. The molecule has 4 heterocycles. The largest absolute Gasteiger partial charge is 0.323 e. The van der Waals surface area contributed by atoms with Gasteiger partial charge in [0, 0.05) is 37.3 Å². The molecule has 0 aliphatic carbocycles. The summed E-state index contributed by atoms with van der Waals surface area (Å²) in [6, 6.07) is 6.62. The minimum Gasteiger partial charge on any atom is -0.323 e. The molecule has 4 saturated heterocycles. The number of benzene rings is 1. The number of nitro groups is 1. The third kappa shape index (κ3) is 1.99. The maximum atomic E-state index is 11.0. The van der Waals surface area contributed by atoms with Gasteiger partial charge in [-0.2, -0.15) is 5.10 Å². The molecular weight excluding hydrogens is 284 g/mol. The highest BCUT2D eigenvalue weighted by atomic mass is 16.6. The minimum absolute atomic E-state index is 0.0734. The second-order valence-electron chi connectivity index (χ2n) is 6.48. The number of nitrogens with zero attached hydrogens (tertiary/aromatic N) is 5. The van der Waals surface area contributed by atoms with Gasteiger partial charge in [0.05, 0.1) is 36.1 Å². The molecule has 0 spiro atoms. The van der Waals surface area contributed by atoms with Crippen molar-refractivity contribution < 1.29 is 4.92 Å². The van der Waals surface area contributed by atoms with Gasteiger partial charge in [0.25, 0.3) is 5.69 Å². The van der Waals surface area contributed by atoms with E-state index in [1.54, 1.807) is 12.1 Å². The predicted octanol–water partition coefficient (Wildman–Crippen LogP) is 0.0633. The first-order chi connectivity index (χ1) is 10.6. The first kappa shape index (κ1) is 13.6. The summed E-state index contributed by atoms with van der Waals surface area (Å²) in [6.07, 6.45) is 0. The first-order valence-corrected chi connectivity index (χ1v) is 7.30. The minimum atomic E-state index is -0.381. The lowest BCUT2D eigenvalue weighted by molar-refractivity contribution is -0.384. The molecule has 1 aromatic rings. The molecule has 116 valence electrons. The van der Waals surface area contributed by atoms with Crippen molar-refractivity contribution in [2.75, 3.05) is 39.6 Å². The van der Waals surface area contributed by atoms with Gasteiger partial charge in [0.1, 0.15) is 0 Å². The molecule has 0 unspecified atom stereocenters. The van der Waals surface area contributed by atoms with Crippen LogP contribution in [0.1, 0.15) is 5.56 Å². The van der Waals surface area contributed by atoms with Crippen LogP contribution in [0.2, 0.25) is 0 Å². The Morgan fingerprint density at radius 3 is 2.27 bits per heavy atom. The van der Waals surface area contributed by atoms with Gasteiger partial charge in [0.2, 0.25) is 0 Å². The van der Waals surface area contributed by atoms with Crippen LogP contribution in [-0.4, -0.2) is 65.0 Å². The number of rotatable bonds is 3. The Kier molecular flexibility index (Phi) is 2.93. The van der Waals surface area contributed by atoms with Crippen LogP contribution in [0.15, 0.2) is 29.4 Å². The van der Waals surface area contributed by atoms with Crippen LogP contribution in [0, 0.1) is 15.5 Å². The van der Waals surface area contributed by atoms with Crippen LogP contribution in [0.3, 0.4) is 0 Å². The van der Waals surface area contributed by atoms with Crippen molar-refractivity contribution in [3.63, 3.8) is 0 Å². The van der Waals surface area contributed by atoms with Crippen LogP contribution < -0.4 is 5.84 Å². The van der Waals surface area contributed by atoms with Gasteiger partial charge in [-0.05, 0) is 0 Å². The molecule has 0 atom stereocenters. The van der Waals surface area contributed by atoms with Crippen molar-refractivity contribution >= 4 is 11.4 Å². The Bertz CT molecular complexity index is 623. The van der Waals surface area contributed by atoms with Crippen LogP contribution in [0.4, 0.5) is 5.69 Å². The van der Waals surface area contributed by atoms with Gasteiger partial charge < -0.3 is 5.84 Å². The maximum absolute atomic E-state index is 11.0. The molecule has 5 rings (SSSR count). The summed E-state index contributed by atoms with van der Waals surface area (Å²) in [5.41, 5.74) is 1.43. The second kappa shape index (κ2) is 4.73. The molecule has 4 fully saturated rings. The highest BCUT2D eigenvalue weighted by Crippen LogP contribution is 2.38. The second-order valence-corrected chi connectivity index (χ2v) is 6.48. The molecule has 0 aromatic heterocycles. The van der Waals surface area contributed by atoms with Gasteiger partial charge in [-0.3, -0.25) is 24.8 Å². The summed E-state index contributed by atoms with van der Waals surface area (Å²) < 4.78 is 0. The molecule has 0 radical (unpaired) electrons. The number of hydrazone groups is 1. The number of nitrogens with two attached hydrogens (primary N) is 1. The lowest BCUT2D eigenvalue weighted by atomic mass is 9.74. The van der Waals surface area contributed by atoms with Crippen molar-refractivity contribution in [3.05, 3.63) is 39.9 Å². The zero-order valence-electron chi connectivity index (χ0n) is 12.2. The lowest BCUT2D eigenvalue weighted by Crippen LogP contribution is -2.74. The molecule has 22 heavy (non-hydrogen) atoms. The first-order valence-electron chi connectivity index (χ1n) is 7.30. The Morgan fingerprint density at radius 1 is 1.18 bits per heavy atom. The topological polar surface area (TPSA) is 91.2 Å². The zero-order chi connectivity index (χ0) is 15.3. The molecule has 1 aromatic carbocycles. The van der Waals surface area contributed by atoms with E-state index in [4.69, 9.17) is 5.84 Å². The van der Waals surface area contributed by atoms with E-state index in [0.717, 1.165) is 50.9 Å². The summed E-state index contributed by atoms with van der Waals surface area (Å²) in [6.45, 7) is 5.64. The Hall–Kier alpha value is -2.03. The summed E-state index contributed by atoms with van der Waals surface area (Å²) in [5.74, 6) is 5.71. The van der Waals surface area contributed by atoms with Crippen molar-refractivity contribution in [1.82, 2.24) is 14.7 Å². The van der Waals surface area contributed by atoms with E-state index in [-0.39, 0.29) is 16.0 Å². The molecular formula is C14H18N6O2. The molecule has 4 aliphatic heterocycles. The van der Waals surface area contributed by atoms with E-state index >= 15 is 0 Å². The van der Waals surface area contributed by atoms with Crippen molar-refractivity contribution in [1.29, 1.82) is 0 Å². The fourth-order valence-corrected chi connectivity index (χ4v) is 4.23. The van der Waals surface area contributed by atoms with E-state index in [0.29, 0.717) is 0 Å². The average Bonchev–Trinajstić information content (AvgIpc) is 2.46. The number of non-ortho nitro benzene ring substituents is 1. The summed E-state index contributed by atoms with van der Waals surface area (Å²) in [7, 11) is 0. The summed E-state index contributed by atoms with van der Waals surface area (Å²) in [5, 5.41) is 15.1. The van der Waals surface area contributed by atoms with E-state index in [9.17, 15) is 10.1 Å². The number of nitro benzene ring substituents is 1. The Morgan fingerprint density at radius 2 is 1.77 bits per heavy atom. The Labute approximate surface area is 127 Å². The van der Waals surface area contributed by atoms with Gasteiger partial charge >= 0.3 is 0 Å². The summed E-state index contributed by atoms with van der Waals surface area (Å²) >= 11 is 0. The fraction of sp³-hybridized carbons (Fsp3) is 0.500. The van der Waals surface area contributed by atoms with Gasteiger partial charge in [-0.1, -0.05) is 12.1 Å². The summed E-state index contributed by atoms with van der Waals surface area (Å²) in [4.78, 5) is 17.8. The standard InChI is InChI=1S/C14H18N6O2/c15-16-13(11-2-1-3-12(4-11)20(21)22)14-5-17-8-18(6-14)10-19(7-14)9-17/h1-4H,5-10,15H2/b16-13-. The van der Waals surface area contributed by atoms with Crippen molar-refractivity contribution in [2.45, 2.75) is 0 Å². The Balaban J connectivity index is 1.74. The van der Waals surface area contributed by atoms with E-state index in [1.807, 2.05) is 6.07 Å². The molecule has 8 heteroatoms. The van der Waals surface area contributed by atoms with Crippen LogP contribution >= 0.6 is 0 Å². The fourth-order valence-electron chi connectivity index (χ4n) is 4.23. The smallest absolute Gasteiger partial charge is 0.270 e. The van der Waals surface area contributed by atoms with Gasteiger partial charge in [0.15, 0.2) is 0 Å². The molecule has 8 nitrogen and oxygen atoms in total. The third-order valence-corrected chi connectivity index (χ3v) is 4.74. The van der Waals surface area contributed by atoms with E-state index < -0.39 is 0 Å². The maximum Gasteiger partial charge on any atom is 0.270 e. The van der Waals surface area contributed by atoms with Gasteiger partial charge in [-0.25, -0.2) is 0 Å². The molecule has 2 N–H and O–H groups in total. The average molecular weight is 302 g/mol. The lowest BCUT2D eigenvalue weighted by Gasteiger charge is -2.60. The van der Waals surface area contributed by atoms with Crippen LogP contribution in [0.5, 0.6) is 0 Å². The number of hydrogen-bond donors (Lipinski definition) is 1.